The maximum atomic E-state index is 13.1. The molecule has 0 amide bonds. The maximum absolute atomic E-state index is 13.1. The van der Waals surface area contributed by atoms with Crippen molar-refractivity contribution in [1.29, 1.82) is 0 Å². The van der Waals surface area contributed by atoms with Gasteiger partial charge in [0.05, 0.1) is 0 Å². The summed E-state index contributed by atoms with van der Waals surface area (Å²) in [6, 6.07) is 17.5. The minimum absolute atomic E-state index is 0.150. The fourth-order valence-corrected chi connectivity index (χ4v) is 2.72. The smallest absolute Gasteiger partial charge is 0.329 e. The van der Waals surface area contributed by atoms with Crippen LogP contribution < -0.4 is 9.47 Å². The molecular formula is C23H26O4. The summed E-state index contributed by atoms with van der Waals surface area (Å²) in [4.78, 5) is 26.2. The quantitative estimate of drug-likeness (QED) is 0.265. The summed E-state index contributed by atoms with van der Waals surface area (Å²) >= 11 is 0. The highest BCUT2D eigenvalue weighted by atomic mass is 16.6. The zero-order chi connectivity index (χ0) is 19.7. The molecular weight excluding hydrogens is 340 g/mol. The molecule has 2 aromatic carbocycles. The first-order valence-corrected chi connectivity index (χ1v) is 9.13. The van der Waals surface area contributed by atoms with E-state index >= 15 is 0 Å². The Balaban J connectivity index is 2.33. The van der Waals surface area contributed by atoms with Crippen molar-refractivity contribution < 1.29 is 19.1 Å². The van der Waals surface area contributed by atoms with Crippen LogP contribution >= 0.6 is 0 Å². The van der Waals surface area contributed by atoms with Gasteiger partial charge < -0.3 is 9.47 Å². The lowest BCUT2D eigenvalue weighted by Crippen LogP contribution is -2.44. The highest BCUT2D eigenvalue weighted by molar-refractivity contribution is 6.01. The Kier molecular flexibility index (Phi) is 7.35. The SMILES string of the molecule is C=CCC(CCC(C)C)(C(=O)Oc1ccccc1)C(=O)Oc1ccccc1. The van der Waals surface area contributed by atoms with Gasteiger partial charge >= 0.3 is 11.9 Å². The van der Waals surface area contributed by atoms with Gasteiger partial charge in [-0.05, 0) is 49.4 Å². The van der Waals surface area contributed by atoms with Gasteiger partial charge in [0.2, 0.25) is 0 Å². The topological polar surface area (TPSA) is 52.6 Å². The average Bonchev–Trinajstić information content (AvgIpc) is 2.66. The second-order valence-corrected chi connectivity index (χ2v) is 6.91. The maximum Gasteiger partial charge on any atom is 0.329 e. The van der Waals surface area contributed by atoms with E-state index in [2.05, 4.69) is 6.58 Å². The van der Waals surface area contributed by atoms with E-state index in [0.717, 1.165) is 0 Å². The third kappa shape index (κ3) is 5.55. The molecule has 0 aliphatic heterocycles. The summed E-state index contributed by atoms with van der Waals surface area (Å²) in [6.45, 7) is 7.83. The summed E-state index contributed by atoms with van der Waals surface area (Å²) in [7, 11) is 0. The molecule has 4 heteroatoms. The molecule has 142 valence electrons. The molecule has 0 aromatic heterocycles. The summed E-state index contributed by atoms with van der Waals surface area (Å²) < 4.78 is 11.1. The molecule has 0 atom stereocenters. The number of hydrogen-bond donors (Lipinski definition) is 0. The number of para-hydroxylation sites is 2. The van der Waals surface area contributed by atoms with Crippen LogP contribution in [0.1, 0.15) is 33.1 Å². The molecule has 0 aliphatic carbocycles. The van der Waals surface area contributed by atoms with Crippen molar-refractivity contribution in [3.8, 4) is 11.5 Å². The predicted octanol–water partition coefficient (Wildman–Crippen LogP) is 5.20. The van der Waals surface area contributed by atoms with Gasteiger partial charge in [0, 0.05) is 0 Å². The molecule has 0 aliphatic rings. The predicted molar refractivity (Wildman–Crippen MR) is 105 cm³/mol. The van der Waals surface area contributed by atoms with E-state index in [9.17, 15) is 9.59 Å². The zero-order valence-corrected chi connectivity index (χ0v) is 15.9. The molecule has 4 nitrogen and oxygen atoms in total. The number of ether oxygens (including phenoxy) is 2. The highest BCUT2D eigenvalue weighted by Gasteiger charge is 2.48. The molecule has 0 heterocycles. The Labute approximate surface area is 160 Å². The van der Waals surface area contributed by atoms with E-state index in [1.54, 1.807) is 54.6 Å². The van der Waals surface area contributed by atoms with Crippen molar-refractivity contribution >= 4 is 11.9 Å². The number of benzene rings is 2. The van der Waals surface area contributed by atoms with E-state index in [4.69, 9.17) is 9.47 Å². The van der Waals surface area contributed by atoms with Gasteiger partial charge in [0.15, 0.2) is 5.41 Å². The summed E-state index contributed by atoms with van der Waals surface area (Å²) in [5.41, 5.74) is -1.43. The van der Waals surface area contributed by atoms with E-state index < -0.39 is 17.4 Å². The van der Waals surface area contributed by atoms with Crippen LogP contribution in [0.3, 0.4) is 0 Å². The first-order chi connectivity index (χ1) is 13.0. The molecule has 0 unspecified atom stereocenters. The van der Waals surface area contributed by atoms with Crippen molar-refractivity contribution in [3.05, 3.63) is 73.3 Å². The number of rotatable bonds is 9. The van der Waals surface area contributed by atoms with Crippen LogP contribution in [0.4, 0.5) is 0 Å². The minimum atomic E-state index is -1.43. The Morgan fingerprint density at radius 1 is 0.926 bits per heavy atom. The number of carbonyl (C=O) groups is 2. The van der Waals surface area contributed by atoms with Gasteiger partial charge in [-0.3, -0.25) is 9.59 Å². The Bertz CT molecular complexity index is 697. The third-order valence-corrected chi connectivity index (χ3v) is 4.33. The first-order valence-electron chi connectivity index (χ1n) is 9.13. The third-order valence-electron chi connectivity index (χ3n) is 4.33. The van der Waals surface area contributed by atoms with Crippen LogP contribution in [-0.4, -0.2) is 11.9 Å². The van der Waals surface area contributed by atoms with E-state index in [-0.39, 0.29) is 6.42 Å². The molecule has 0 fully saturated rings. The van der Waals surface area contributed by atoms with Gasteiger partial charge in [-0.25, -0.2) is 0 Å². The van der Waals surface area contributed by atoms with E-state index in [0.29, 0.717) is 30.3 Å². The average molecular weight is 366 g/mol. The van der Waals surface area contributed by atoms with Crippen LogP contribution in [0.15, 0.2) is 73.3 Å². The second-order valence-electron chi connectivity index (χ2n) is 6.91. The van der Waals surface area contributed by atoms with Crippen LogP contribution in [-0.2, 0) is 9.59 Å². The molecule has 0 spiro atoms. The van der Waals surface area contributed by atoms with E-state index in [1.807, 2.05) is 26.0 Å². The van der Waals surface area contributed by atoms with Crippen molar-refractivity contribution in [3.63, 3.8) is 0 Å². The molecule has 0 N–H and O–H groups in total. The number of esters is 2. The Morgan fingerprint density at radius 2 is 1.37 bits per heavy atom. The number of carbonyl (C=O) groups excluding carboxylic acids is 2. The van der Waals surface area contributed by atoms with Crippen LogP contribution in [0.2, 0.25) is 0 Å². The van der Waals surface area contributed by atoms with Crippen LogP contribution in [0.25, 0.3) is 0 Å². The zero-order valence-electron chi connectivity index (χ0n) is 15.9. The van der Waals surface area contributed by atoms with Crippen molar-refractivity contribution in [1.82, 2.24) is 0 Å². The standard InChI is InChI=1S/C23H26O4/c1-4-16-23(17-15-18(2)3,21(24)26-19-11-7-5-8-12-19)22(25)27-20-13-9-6-10-14-20/h4-14,18H,1,15-17H2,2-3H3. The first kappa shape index (κ1) is 20.4. The molecule has 0 saturated heterocycles. The van der Waals surface area contributed by atoms with Gasteiger partial charge in [-0.2, -0.15) is 0 Å². The normalized spacial score (nSPS) is 11.1. The van der Waals surface area contributed by atoms with Gasteiger partial charge in [-0.15, -0.1) is 6.58 Å². The lowest BCUT2D eigenvalue weighted by molar-refractivity contribution is -0.161. The molecule has 2 aromatic rings. The molecule has 27 heavy (non-hydrogen) atoms. The Hall–Kier alpha value is -2.88. The summed E-state index contributed by atoms with van der Waals surface area (Å²) in [6.07, 6.45) is 2.73. The fraction of sp³-hybridized carbons (Fsp3) is 0.304. The van der Waals surface area contributed by atoms with Crippen LogP contribution in [0.5, 0.6) is 11.5 Å². The van der Waals surface area contributed by atoms with Gasteiger partial charge in [0.25, 0.3) is 0 Å². The molecule has 0 saturated carbocycles. The largest absolute Gasteiger partial charge is 0.426 e. The summed E-state index contributed by atoms with van der Waals surface area (Å²) in [5.74, 6) is -0.116. The minimum Gasteiger partial charge on any atom is -0.426 e. The van der Waals surface area contributed by atoms with Gasteiger partial charge in [0.1, 0.15) is 11.5 Å². The van der Waals surface area contributed by atoms with E-state index in [1.165, 1.54) is 0 Å². The summed E-state index contributed by atoms with van der Waals surface area (Å²) in [5, 5.41) is 0. The number of hydrogen-bond acceptors (Lipinski definition) is 4. The lowest BCUT2D eigenvalue weighted by Gasteiger charge is -2.29. The number of allylic oxidation sites excluding steroid dienone is 1. The van der Waals surface area contributed by atoms with Crippen LogP contribution in [0, 0.1) is 11.3 Å². The molecule has 0 radical (unpaired) electrons. The molecule has 0 bridgehead atoms. The van der Waals surface area contributed by atoms with Gasteiger partial charge in [-0.1, -0.05) is 56.3 Å². The Morgan fingerprint density at radius 3 is 1.74 bits per heavy atom. The monoisotopic (exact) mass is 366 g/mol. The second kappa shape index (κ2) is 9.72. The lowest BCUT2D eigenvalue weighted by atomic mass is 9.78. The van der Waals surface area contributed by atoms with Crippen molar-refractivity contribution in [2.75, 3.05) is 0 Å². The van der Waals surface area contributed by atoms with Crippen molar-refractivity contribution in [2.45, 2.75) is 33.1 Å². The molecule has 2 rings (SSSR count). The van der Waals surface area contributed by atoms with Crippen molar-refractivity contribution in [2.24, 2.45) is 11.3 Å². The fourth-order valence-electron chi connectivity index (χ4n) is 2.72. The highest BCUT2D eigenvalue weighted by Crippen LogP contribution is 2.35.